The molecule has 0 aliphatic carbocycles. The van der Waals surface area contributed by atoms with E-state index in [2.05, 4.69) is 4.98 Å². The fourth-order valence-electron chi connectivity index (χ4n) is 1.18. The number of nitrogens with zero attached hydrogens (tertiary/aromatic N) is 2. The smallest absolute Gasteiger partial charge is 0.177 e. The van der Waals surface area contributed by atoms with Crippen LogP contribution in [0.1, 0.15) is 37.7 Å². The molecule has 0 radical (unpaired) electrons. The Morgan fingerprint density at radius 2 is 2.29 bits per heavy atom. The second kappa shape index (κ2) is 3.90. The molecule has 0 atom stereocenters. The molecule has 1 aromatic heterocycles. The van der Waals surface area contributed by atoms with E-state index in [9.17, 15) is 9.18 Å². The summed E-state index contributed by atoms with van der Waals surface area (Å²) in [7, 11) is 0. The third kappa shape index (κ3) is 2.94. The maximum atomic E-state index is 13.2. The number of ketones is 1. The Kier molecular flexibility index (Phi) is 3.03. The topological polar surface area (TPSA) is 34.9 Å². The quantitative estimate of drug-likeness (QED) is 0.695. The van der Waals surface area contributed by atoms with Gasteiger partial charge in [-0.15, -0.1) is 0 Å². The van der Waals surface area contributed by atoms with Crippen LogP contribution in [0.25, 0.3) is 0 Å². The van der Waals surface area contributed by atoms with Crippen LogP contribution in [0, 0.1) is 0 Å². The van der Waals surface area contributed by atoms with Gasteiger partial charge in [0.05, 0.1) is 12.5 Å². The lowest BCUT2D eigenvalue weighted by Gasteiger charge is -2.14. The third-order valence-electron chi connectivity index (χ3n) is 2.02. The zero-order valence-electron chi connectivity index (χ0n) is 8.75. The number of carbonyl (C=O) groups is 1. The van der Waals surface area contributed by atoms with Crippen molar-refractivity contribution in [3.63, 3.8) is 0 Å². The summed E-state index contributed by atoms with van der Waals surface area (Å²) in [4.78, 5) is 15.0. The number of carbonyl (C=O) groups excluding carboxylic acids is 1. The van der Waals surface area contributed by atoms with Gasteiger partial charge in [-0.25, -0.2) is 9.37 Å². The van der Waals surface area contributed by atoms with Crippen molar-refractivity contribution in [2.24, 2.45) is 0 Å². The van der Waals surface area contributed by atoms with Crippen molar-refractivity contribution in [3.05, 3.63) is 18.2 Å². The third-order valence-corrected chi connectivity index (χ3v) is 2.02. The Morgan fingerprint density at radius 1 is 1.64 bits per heavy atom. The van der Waals surface area contributed by atoms with Crippen LogP contribution in [0.4, 0.5) is 4.39 Å². The monoisotopic (exact) mass is 198 g/mol. The molecule has 0 saturated carbocycles. The Morgan fingerprint density at radius 3 is 2.79 bits per heavy atom. The summed E-state index contributed by atoms with van der Waals surface area (Å²) in [6, 6.07) is 0. The van der Waals surface area contributed by atoms with Gasteiger partial charge in [0.2, 0.25) is 0 Å². The van der Waals surface area contributed by atoms with E-state index >= 15 is 0 Å². The molecule has 0 saturated heterocycles. The summed E-state index contributed by atoms with van der Waals surface area (Å²) in [5, 5.41) is 0. The van der Waals surface area contributed by atoms with E-state index in [-0.39, 0.29) is 5.78 Å². The van der Waals surface area contributed by atoms with E-state index in [4.69, 9.17) is 0 Å². The van der Waals surface area contributed by atoms with Gasteiger partial charge in [-0.3, -0.25) is 4.79 Å². The normalized spacial score (nSPS) is 11.7. The molecule has 1 heterocycles. The molecule has 1 rings (SSSR count). The van der Waals surface area contributed by atoms with Crippen LogP contribution < -0.4 is 0 Å². The summed E-state index contributed by atoms with van der Waals surface area (Å²) in [6.07, 6.45) is 3.44. The fraction of sp³-hybridized carbons (Fsp3) is 0.600. The molecule has 0 unspecified atom stereocenters. The summed E-state index contributed by atoms with van der Waals surface area (Å²) in [5.41, 5.74) is -0.674. The van der Waals surface area contributed by atoms with E-state index in [1.165, 1.54) is 27.0 Å². The average molecular weight is 198 g/mol. The Balaban J connectivity index is 2.68. The molecular formula is C10H15FN2O. The van der Waals surface area contributed by atoms with Crippen LogP contribution in [-0.4, -0.2) is 21.0 Å². The molecule has 14 heavy (non-hydrogen) atoms. The lowest BCUT2D eigenvalue weighted by Crippen LogP contribution is -2.17. The molecule has 78 valence electrons. The summed E-state index contributed by atoms with van der Waals surface area (Å²) >= 11 is 0. The minimum absolute atomic E-state index is 0.0424. The van der Waals surface area contributed by atoms with Crippen LogP contribution >= 0.6 is 0 Å². The maximum Gasteiger partial charge on any atom is 0.177 e. The number of hydrogen-bond acceptors (Lipinski definition) is 2. The zero-order chi connectivity index (χ0) is 10.8. The van der Waals surface area contributed by atoms with Crippen LogP contribution in [0.15, 0.2) is 12.5 Å². The van der Waals surface area contributed by atoms with E-state index in [1.807, 2.05) is 0 Å². The molecule has 1 aromatic rings. The number of alkyl halides is 1. The van der Waals surface area contributed by atoms with Crippen LogP contribution in [0.2, 0.25) is 0 Å². The zero-order valence-corrected chi connectivity index (χ0v) is 8.75. The van der Waals surface area contributed by atoms with Crippen LogP contribution in [0.5, 0.6) is 0 Å². The van der Waals surface area contributed by atoms with Crippen molar-refractivity contribution in [1.82, 2.24) is 9.55 Å². The summed E-state index contributed by atoms with van der Waals surface area (Å²) < 4.78 is 14.9. The highest BCUT2D eigenvalue weighted by Crippen LogP contribution is 2.15. The largest absolute Gasteiger partial charge is 0.328 e. The van der Waals surface area contributed by atoms with Gasteiger partial charge >= 0.3 is 0 Å². The molecule has 0 aliphatic heterocycles. The van der Waals surface area contributed by atoms with Crippen molar-refractivity contribution in [2.75, 3.05) is 0 Å². The van der Waals surface area contributed by atoms with Crippen molar-refractivity contribution in [1.29, 1.82) is 0 Å². The molecule has 0 fully saturated rings. The van der Waals surface area contributed by atoms with E-state index < -0.39 is 5.67 Å². The van der Waals surface area contributed by atoms with Gasteiger partial charge in [-0.2, -0.15) is 0 Å². The standard InChI is InChI=1S/C10H15FN2O/c1-8(14)9-6-12-7-13(9)5-4-10(2,3)11/h6-7H,4-5H2,1-3H3. The molecule has 0 aromatic carbocycles. The SMILES string of the molecule is CC(=O)c1cncn1CCC(C)(C)F. The molecule has 0 N–H and O–H groups in total. The van der Waals surface area contributed by atoms with Crippen LogP contribution in [-0.2, 0) is 6.54 Å². The second-order valence-electron chi connectivity index (χ2n) is 4.00. The minimum atomic E-state index is -1.21. The van der Waals surface area contributed by atoms with E-state index in [0.717, 1.165) is 0 Å². The molecule has 3 nitrogen and oxygen atoms in total. The summed E-state index contributed by atoms with van der Waals surface area (Å²) in [6.45, 7) is 5.02. The van der Waals surface area contributed by atoms with E-state index in [0.29, 0.717) is 18.7 Å². The first-order valence-electron chi connectivity index (χ1n) is 4.60. The molecule has 0 bridgehead atoms. The lowest BCUT2D eigenvalue weighted by molar-refractivity contribution is 0.100. The predicted octanol–water partition coefficient (Wildman–Crippen LogP) is 2.22. The number of hydrogen-bond donors (Lipinski definition) is 0. The number of rotatable bonds is 4. The van der Waals surface area contributed by atoms with Crippen molar-refractivity contribution in [2.45, 2.75) is 39.4 Å². The molecular weight excluding hydrogens is 183 g/mol. The Bertz CT molecular complexity index is 325. The fourth-order valence-corrected chi connectivity index (χ4v) is 1.18. The van der Waals surface area contributed by atoms with Crippen molar-refractivity contribution in [3.8, 4) is 0 Å². The number of aryl methyl sites for hydroxylation is 1. The second-order valence-corrected chi connectivity index (χ2v) is 4.00. The van der Waals surface area contributed by atoms with Gasteiger partial charge < -0.3 is 4.57 Å². The highest BCUT2D eigenvalue weighted by molar-refractivity contribution is 5.92. The minimum Gasteiger partial charge on any atom is -0.328 e. The lowest BCUT2D eigenvalue weighted by atomic mass is 10.1. The van der Waals surface area contributed by atoms with Gasteiger partial charge in [0.15, 0.2) is 5.78 Å². The van der Waals surface area contributed by atoms with Gasteiger partial charge in [0.1, 0.15) is 11.4 Å². The number of aromatic nitrogens is 2. The number of imidazole rings is 1. The predicted molar refractivity (Wildman–Crippen MR) is 52.0 cm³/mol. The first kappa shape index (κ1) is 10.9. The van der Waals surface area contributed by atoms with Gasteiger partial charge in [0, 0.05) is 13.5 Å². The van der Waals surface area contributed by atoms with Crippen molar-refractivity contribution < 1.29 is 9.18 Å². The van der Waals surface area contributed by atoms with Crippen LogP contribution in [0.3, 0.4) is 0 Å². The highest BCUT2D eigenvalue weighted by atomic mass is 19.1. The van der Waals surface area contributed by atoms with E-state index in [1.54, 1.807) is 10.9 Å². The number of halogens is 1. The molecule has 4 heteroatoms. The maximum absolute atomic E-state index is 13.2. The first-order valence-corrected chi connectivity index (χ1v) is 4.60. The molecule has 0 amide bonds. The average Bonchev–Trinajstić information content (AvgIpc) is 2.46. The molecule has 0 spiro atoms. The van der Waals surface area contributed by atoms with Gasteiger partial charge in [-0.05, 0) is 20.3 Å². The number of Topliss-reactive ketones (excluding diaryl/α,β-unsaturated/α-hetero) is 1. The van der Waals surface area contributed by atoms with Gasteiger partial charge in [-0.1, -0.05) is 0 Å². The Hall–Kier alpha value is -1.19. The Labute approximate surface area is 83.0 Å². The van der Waals surface area contributed by atoms with Gasteiger partial charge in [0.25, 0.3) is 0 Å². The molecule has 0 aliphatic rings. The van der Waals surface area contributed by atoms with Crippen molar-refractivity contribution >= 4 is 5.78 Å². The summed E-state index contributed by atoms with van der Waals surface area (Å²) in [5.74, 6) is -0.0424. The first-order chi connectivity index (χ1) is 6.40. The highest BCUT2D eigenvalue weighted by Gasteiger charge is 2.16.